The fourth-order valence-corrected chi connectivity index (χ4v) is 1.57. The highest BCUT2D eigenvalue weighted by Crippen LogP contribution is 2.17. The number of halogens is 2. The van der Waals surface area contributed by atoms with Gasteiger partial charge in [-0.1, -0.05) is 20.3 Å². The third kappa shape index (κ3) is 4.69. The maximum Gasteiger partial charge on any atom is 0.162 e. The number of ether oxygens (including phenoxy) is 1. The zero-order valence-electron chi connectivity index (χ0n) is 10.3. The van der Waals surface area contributed by atoms with Gasteiger partial charge in [-0.25, -0.2) is 8.78 Å². The average molecular weight is 243 g/mol. The van der Waals surface area contributed by atoms with Gasteiger partial charge in [0, 0.05) is 12.6 Å². The molecule has 1 N–H and O–H groups in total. The zero-order valence-corrected chi connectivity index (χ0v) is 10.3. The lowest BCUT2D eigenvalue weighted by Gasteiger charge is -2.19. The summed E-state index contributed by atoms with van der Waals surface area (Å²) in [6.07, 6.45) is 1.86. The van der Waals surface area contributed by atoms with Gasteiger partial charge in [0.2, 0.25) is 0 Å². The van der Waals surface area contributed by atoms with E-state index in [1.807, 2.05) is 6.92 Å². The Kier molecular flexibility index (Phi) is 5.91. The molecule has 0 aliphatic carbocycles. The molecule has 0 bridgehead atoms. The molecule has 0 radical (unpaired) electrons. The summed E-state index contributed by atoms with van der Waals surface area (Å²) >= 11 is 0. The summed E-state index contributed by atoms with van der Waals surface area (Å²) in [5.41, 5.74) is 0. The first-order chi connectivity index (χ1) is 8.17. The molecule has 1 aromatic carbocycles. The monoisotopic (exact) mass is 243 g/mol. The van der Waals surface area contributed by atoms with Crippen LogP contribution in [-0.2, 0) is 0 Å². The fraction of sp³-hybridized carbons (Fsp3) is 0.538. The smallest absolute Gasteiger partial charge is 0.162 e. The van der Waals surface area contributed by atoms with E-state index in [1.165, 1.54) is 6.07 Å². The van der Waals surface area contributed by atoms with Gasteiger partial charge in [-0.15, -0.1) is 0 Å². The molecule has 0 heterocycles. The van der Waals surface area contributed by atoms with Crippen LogP contribution in [0.1, 0.15) is 26.7 Å². The molecule has 1 unspecified atom stereocenters. The minimum atomic E-state index is -0.874. The van der Waals surface area contributed by atoms with E-state index >= 15 is 0 Å². The largest absolute Gasteiger partial charge is 0.489 e. The molecular weight excluding hydrogens is 224 g/mol. The third-order valence-corrected chi connectivity index (χ3v) is 2.43. The van der Waals surface area contributed by atoms with Gasteiger partial charge < -0.3 is 10.1 Å². The standard InChI is InChI=1S/C13H19F2NO/c1-3-5-11(9-16-4-2)17-10-6-7-12(14)13(15)8-10/h6-8,11,16H,3-5,9H2,1-2H3. The molecule has 0 aliphatic rings. The molecule has 0 aliphatic heterocycles. The Balaban J connectivity index is 2.61. The maximum absolute atomic E-state index is 13.0. The van der Waals surface area contributed by atoms with Crippen molar-refractivity contribution < 1.29 is 13.5 Å². The van der Waals surface area contributed by atoms with Gasteiger partial charge in [0.25, 0.3) is 0 Å². The van der Waals surface area contributed by atoms with Crippen molar-refractivity contribution in [3.63, 3.8) is 0 Å². The number of rotatable bonds is 7. The lowest BCUT2D eigenvalue weighted by molar-refractivity contribution is 0.186. The van der Waals surface area contributed by atoms with Crippen molar-refractivity contribution in [2.24, 2.45) is 0 Å². The summed E-state index contributed by atoms with van der Waals surface area (Å²) in [6.45, 7) is 5.65. The van der Waals surface area contributed by atoms with E-state index in [2.05, 4.69) is 12.2 Å². The topological polar surface area (TPSA) is 21.3 Å². The quantitative estimate of drug-likeness (QED) is 0.794. The molecule has 96 valence electrons. The second-order valence-corrected chi connectivity index (χ2v) is 3.91. The molecule has 0 saturated carbocycles. The van der Waals surface area contributed by atoms with Crippen LogP contribution in [0, 0.1) is 11.6 Å². The Morgan fingerprint density at radius 2 is 2.00 bits per heavy atom. The highest BCUT2D eigenvalue weighted by molar-refractivity contribution is 5.23. The summed E-state index contributed by atoms with van der Waals surface area (Å²) < 4.78 is 31.4. The lowest BCUT2D eigenvalue weighted by Crippen LogP contribution is -2.31. The van der Waals surface area contributed by atoms with E-state index in [0.717, 1.165) is 31.5 Å². The number of hydrogen-bond acceptors (Lipinski definition) is 2. The molecule has 0 spiro atoms. The summed E-state index contributed by atoms with van der Waals surface area (Å²) in [5, 5.41) is 3.19. The van der Waals surface area contributed by atoms with Crippen LogP contribution in [0.3, 0.4) is 0 Å². The molecule has 17 heavy (non-hydrogen) atoms. The molecule has 1 aromatic rings. The molecule has 1 atom stereocenters. The van der Waals surface area contributed by atoms with E-state index < -0.39 is 11.6 Å². The van der Waals surface area contributed by atoms with Crippen molar-refractivity contribution in [2.45, 2.75) is 32.8 Å². The molecule has 0 aromatic heterocycles. The molecule has 2 nitrogen and oxygen atoms in total. The zero-order chi connectivity index (χ0) is 12.7. The first-order valence-corrected chi connectivity index (χ1v) is 5.99. The summed E-state index contributed by atoms with van der Waals surface area (Å²) in [6, 6.07) is 3.62. The van der Waals surface area contributed by atoms with Gasteiger partial charge in [-0.3, -0.25) is 0 Å². The van der Waals surface area contributed by atoms with E-state index in [-0.39, 0.29) is 6.10 Å². The van der Waals surface area contributed by atoms with Crippen LogP contribution >= 0.6 is 0 Å². The van der Waals surface area contributed by atoms with Crippen molar-refractivity contribution in [1.82, 2.24) is 5.32 Å². The highest BCUT2D eigenvalue weighted by atomic mass is 19.2. The minimum absolute atomic E-state index is 0.00943. The molecule has 4 heteroatoms. The molecule has 1 rings (SSSR count). The van der Waals surface area contributed by atoms with Crippen LogP contribution in [0.4, 0.5) is 8.78 Å². The summed E-state index contributed by atoms with van der Waals surface area (Å²) in [4.78, 5) is 0. The first-order valence-electron chi connectivity index (χ1n) is 5.99. The van der Waals surface area contributed by atoms with Gasteiger partial charge in [0.05, 0.1) is 0 Å². The van der Waals surface area contributed by atoms with Gasteiger partial charge in [0.15, 0.2) is 11.6 Å². The Morgan fingerprint density at radius 3 is 2.59 bits per heavy atom. The van der Waals surface area contributed by atoms with Crippen molar-refractivity contribution in [3.05, 3.63) is 29.8 Å². The lowest BCUT2D eigenvalue weighted by atomic mass is 10.2. The number of hydrogen-bond donors (Lipinski definition) is 1. The van der Waals surface area contributed by atoms with E-state index in [9.17, 15) is 8.78 Å². The van der Waals surface area contributed by atoms with E-state index in [0.29, 0.717) is 12.3 Å². The number of nitrogens with one attached hydrogen (secondary N) is 1. The fourth-order valence-electron chi connectivity index (χ4n) is 1.57. The van der Waals surface area contributed by atoms with Crippen LogP contribution in [0.2, 0.25) is 0 Å². The molecule has 0 fully saturated rings. The summed E-state index contributed by atoms with van der Waals surface area (Å²) in [7, 11) is 0. The van der Waals surface area contributed by atoms with E-state index in [4.69, 9.17) is 4.74 Å². The summed E-state index contributed by atoms with van der Waals surface area (Å²) in [5.74, 6) is -1.35. The van der Waals surface area contributed by atoms with Crippen LogP contribution in [0.5, 0.6) is 5.75 Å². The van der Waals surface area contributed by atoms with Crippen LogP contribution in [0.25, 0.3) is 0 Å². The SMILES string of the molecule is CCCC(CNCC)Oc1ccc(F)c(F)c1. The van der Waals surface area contributed by atoms with Gasteiger partial charge >= 0.3 is 0 Å². The van der Waals surface area contributed by atoms with Gasteiger partial charge in [-0.05, 0) is 25.1 Å². The minimum Gasteiger partial charge on any atom is -0.489 e. The Bertz CT molecular complexity index is 344. The Labute approximate surface area is 101 Å². The van der Waals surface area contributed by atoms with Gasteiger partial charge in [0.1, 0.15) is 11.9 Å². The second-order valence-electron chi connectivity index (χ2n) is 3.91. The normalized spacial score (nSPS) is 12.5. The maximum atomic E-state index is 13.0. The Hall–Kier alpha value is -1.16. The average Bonchev–Trinajstić information content (AvgIpc) is 2.31. The van der Waals surface area contributed by atoms with Crippen molar-refractivity contribution >= 4 is 0 Å². The second kappa shape index (κ2) is 7.22. The predicted octanol–water partition coefficient (Wildman–Crippen LogP) is 3.12. The number of likely N-dealkylation sites (N-methyl/N-ethyl adjacent to an activating group) is 1. The predicted molar refractivity (Wildman–Crippen MR) is 64.2 cm³/mol. The highest BCUT2D eigenvalue weighted by Gasteiger charge is 2.10. The first kappa shape index (κ1) is 13.9. The van der Waals surface area contributed by atoms with Crippen molar-refractivity contribution in [2.75, 3.05) is 13.1 Å². The third-order valence-electron chi connectivity index (χ3n) is 2.43. The Morgan fingerprint density at radius 1 is 1.24 bits per heavy atom. The van der Waals surface area contributed by atoms with E-state index in [1.54, 1.807) is 0 Å². The molecule has 0 amide bonds. The van der Waals surface area contributed by atoms with Crippen molar-refractivity contribution in [1.29, 1.82) is 0 Å². The molecule has 0 saturated heterocycles. The van der Waals surface area contributed by atoms with Crippen LogP contribution in [-0.4, -0.2) is 19.2 Å². The van der Waals surface area contributed by atoms with Crippen LogP contribution in [0.15, 0.2) is 18.2 Å². The van der Waals surface area contributed by atoms with Gasteiger partial charge in [-0.2, -0.15) is 0 Å². The van der Waals surface area contributed by atoms with Crippen molar-refractivity contribution in [3.8, 4) is 5.75 Å². The molecular formula is C13H19F2NO. The number of benzene rings is 1. The van der Waals surface area contributed by atoms with Crippen LogP contribution < -0.4 is 10.1 Å².